The third-order valence-electron chi connectivity index (χ3n) is 7.39. The molecule has 0 bridgehead atoms. The van der Waals surface area contributed by atoms with Crippen molar-refractivity contribution in [2.45, 2.75) is 69.5 Å². The van der Waals surface area contributed by atoms with Gasteiger partial charge in [-0.3, -0.25) is 13.9 Å². The minimum Gasteiger partial charge on any atom is -0.352 e. The molecule has 0 radical (unpaired) electrons. The van der Waals surface area contributed by atoms with Gasteiger partial charge in [0.25, 0.3) is 10.0 Å². The van der Waals surface area contributed by atoms with E-state index in [4.69, 9.17) is 11.6 Å². The molecule has 1 fully saturated rings. The van der Waals surface area contributed by atoms with Crippen LogP contribution in [-0.4, -0.2) is 43.8 Å². The monoisotopic (exact) mass is 599 g/mol. The van der Waals surface area contributed by atoms with Crippen molar-refractivity contribution < 1.29 is 22.4 Å². The fourth-order valence-corrected chi connectivity index (χ4v) is 6.66. The Morgan fingerprint density at radius 1 is 0.976 bits per heavy atom. The number of anilines is 1. The predicted octanol–water partition coefficient (Wildman–Crippen LogP) is 5.85. The van der Waals surface area contributed by atoms with Crippen LogP contribution in [0.25, 0.3) is 0 Å². The smallest absolute Gasteiger partial charge is 0.264 e. The summed E-state index contributed by atoms with van der Waals surface area (Å²) in [7, 11) is -4.22. The van der Waals surface area contributed by atoms with Crippen molar-refractivity contribution in [3.05, 3.63) is 94.8 Å². The number of sulfonamides is 1. The third kappa shape index (κ3) is 7.65. The van der Waals surface area contributed by atoms with Crippen LogP contribution in [0.4, 0.5) is 10.1 Å². The summed E-state index contributed by atoms with van der Waals surface area (Å²) >= 11 is 6.44. The van der Waals surface area contributed by atoms with Gasteiger partial charge in [0, 0.05) is 12.6 Å². The van der Waals surface area contributed by atoms with Crippen LogP contribution in [0.5, 0.6) is 0 Å². The first kappa shape index (κ1) is 30.5. The average molecular weight is 600 g/mol. The molecule has 1 aliphatic rings. The Labute approximate surface area is 246 Å². The highest BCUT2D eigenvalue weighted by molar-refractivity contribution is 7.92. The van der Waals surface area contributed by atoms with E-state index in [0.717, 1.165) is 42.0 Å². The number of nitrogens with zero attached hydrogens (tertiary/aromatic N) is 2. The quantitative estimate of drug-likeness (QED) is 0.317. The van der Waals surface area contributed by atoms with Gasteiger partial charge in [-0.1, -0.05) is 72.8 Å². The van der Waals surface area contributed by atoms with Crippen molar-refractivity contribution in [2.24, 2.45) is 0 Å². The molecule has 1 saturated carbocycles. The summed E-state index contributed by atoms with van der Waals surface area (Å²) in [6.45, 7) is 2.86. The van der Waals surface area contributed by atoms with Crippen LogP contribution in [0.1, 0.15) is 50.2 Å². The fraction of sp³-hybridized carbons (Fsp3) is 0.355. The van der Waals surface area contributed by atoms with Crippen molar-refractivity contribution in [3.8, 4) is 0 Å². The lowest BCUT2D eigenvalue weighted by molar-refractivity contribution is -0.139. The maximum atomic E-state index is 14.0. The molecule has 0 heterocycles. The van der Waals surface area contributed by atoms with Gasteiger partial charge in [-0.2, -0.15) is 0 Å². The summed E-state index contributed by atoms with van der Waals surface area (Å²) < 4.78 is 42.4. The van der Waals surface area contributed by atoms with Gasteiger partial charge in [0.15, 0.2) is 0 Å². The van der Waals surface area contributed by atoms with E-state index >= 15 is 0 Å². The molecular weight excluding hydrogens is 565 g/mol. The maximum Gasteiger partial charge on any atom is 0.264 e. The molecule has 41 heavy (non-hydrogen) atoms. The minimum absolute atomic E-state index is 0.00370. The minimum atomic E-state index is -4.22. The van der Waals surface area contributed by atoms with Gasteiger partial charge in [0.2, 0.25) is 11.8 Å². The molecule has 3 aromatic carbocycles. The molecule has 10 heteroatoms. The second-order valence-corrected chi connectivity index (χ2v) is 12.7. The highest BCUT2D eigenvalue weighted by atomic mass is 35.5. The molecule has 7 nitrogen and oxygen atoms in total. The first-order valence-electron chi connectivity index (χ1n) is 13.7. The van der Waals surface area contributed by atoms with Crippen molar-refractivity contribution in [2.75, 3.05) is 10.8 Å². The molecule has 0 spiro atoms. The topological polar surface area (TPSA) is 86.8 Å². The van der Waals surface area contributed by atoms with Crippen molar-refractivity contribution in [1.29, 1.82) is 0 Å². The number of amides is 2. The molecule has 4 rings (SSSR count). The number of carbonyl (C=O) groups excluding carboxylic acids is 2. The molecule has 0 aliphatic heterocycles. The van der Waals surface area contributed by atoms with E-state index in [2.05, 4.69) is 5.32 Å². The lowest BCUT2D eigenvalue weighted by atomic mass is 9.95. The van der Waals surface area contributed by atoms with Crippen LogP contribution in [0, 0.1) is 12.7 Å². The number of hydrogen-bond acceptors (Lipinski definition) is 4. The van der Waals surface area contributed by atoms with E-state index in [9.17, 15) is 22.4 Å². The van der Waals surface area contributed by atoms with E-state index < -0.39 is 34.3 Å². The van der Waals surface area contributed by atoms with Crippen molar-refractivity contribution in [3.63, 3.8) is 0 Å². The Balaban J connectivity index is 1.68. The molecule has 2 amide bonds. The Hall–Kier alpha value is -3.43. The standard InChI is InChI=1S/C31H35ClFN3O4S/c1-22-12-18-27(19-13-22)41(39,40)36(29-11-7-6-10-28(29)32)21-30(37)35(20-24-14-16-25(33)17-15-24)23(2)31(38)34-26-8-4-3-5-9-26/h6-7,10-19,23,26H,3-5,8-9,20-21H2,1-2H3,(H,34,38). The van der Waals surface area contributed by atoms with E-state index in [1.807, 2.05) is 6.92 Å². The molecule has 218 valence electrons. The zero-order chi connectivity index (χ0) is 29.6. The van der Waals surface area contributed by atoms with Crippen LogP contribution in [0.15, 0.2) is 77.7 Å². The first-order valence-corrected chi connectivity index (χ1v) is 15.6. The Kier molecular flexibility index (Phi) is 10.0. The van der Waals surface area contributed by atoms with E-state index in [1.165, 1.54) is 47.4 Å². The number of halogens is 2. The third-order valence-corrected chi connectivity index (χ3v) is 9.49. The Morgan fingerprint density at radius 2 is 1.61 bits per heavy atom. The van der Waals surface area contributed by atoms with Gasteiger partial charge in [-0.15, -0.1) is 0 Å². The highest BCUT2D eigenvalue weighted by Crippen LogP contribution is 2.31. The van der Waals surface area contributed by atoms with Gasteiger partial charge in [-0.05, 0) is 68.7 Å². The summed E-state index contributed by atoms with van der Waals surface area (Å²) in [4.78, 5) is 28.7. The summed E-state index contributed by atoms with van der Waals surface area (Å²) in [5, 5.41) is 3.22. The normalized spacial score (nSPS) is 14.7. The van der Waals surface area contributed by atoms with E-state index in [0.29, 0.717) is 5.56 Å². The van der Waals surface area contributed by atoms with Crippen LogP contribution >= 0.6 is 11.6 Å². The predicted molar refractivity (Wildman–Crippen MR) is 159 cm³/mol. The molecule has 0 aromatic heterocycles. The van der Waals surface area contributed by atoms with Crippen LogP contribution in [-0.2, 0) is 26.2 Å². The fourth-order valence-electron chi connectivity index (χ4n) is 4.94. The number of para-hydroxylation sites is 1. The van der Waals surface area contributed by atoms with Crippen molar-refractivity contribution in [1.82, 2.24) is 10.2 Å². The SMILES string of the molecule is Cc1ccc(S(=O)(=O)N(CC(=O)N(Cc2ccc(F)cc2)C(C)C(=O)NC2CCCCC2)c2ccccc2Cl)cc1. The van der Waals surface area contributed by atoms with Gasteiger partial charge in [0.05, 0.1) is 15.6 Å². The molecule has 0 saturated heterocycles. The molecular formula is C31H35ClFN3O4S. The van der Waals surface area contributed by atoms with Gasteiger partial charge in [-0.25, -0.2) is 12.8 Å². The second-order valence-electron chi connectivity index (χ2n) is 10.4. The number of nitrogens with one attached hydrogen (secondary N) is 1. The highest BCUT2D eigenvalue weighted by Gasteiger charge is 2.34. The number of aryl methyl sites for hydroxylation is 1. The molecule has 1 unspecified atom stereocenters. The molecule has 1 aliphatic carbocycles. The second kappa shape index (κ2) is 13.5. The number of benzene rings is 3. The van der Waals surface area contributed by atoms with Crippen LogP contribution in [0.3, 0.4) is 0 Å². The number of hydrogen-bond donors (Lipinski definition) is 1. The van der Waals surface area contributed by atoms with Gasteiger partial charge in [0.1, 0.15) is 18.4 Å². The Morgan fingerprint density at radius 3 is 2.24 bits per heavy atom. The molecule has 1 atom stereocenters. The van der Waals surface area contributed by atoms with Gasteiger partial charge >= 0.3 is 0 Å². The lowest BCUT2D eigenvalue weighted by Crippen LogP contribution is -2.53. The summed E-state index contributed by atoms with van der Waals surface area (Å²) in [6, 6.07) is 17.5. The average Bonchev–Trinajstić information content (AvgIpc) is 2.96. The van der Waals surface area contributed by atoms with Crippen LogP contribution < -0.4 is 9.62 Å². The van der Waals surface area contributed by atoms with Crippen molar-refractivity contribution >= 4 is 39.1 Å². The molecule has 3 aromatic rings. The first-order chi connectivity index (χ1) is 19.6. The van der Waals surface area contributed by atoms with Crippen LogP contribution in [0.2, 0.25) is 5.02 Å². The van der Waals surface area contributed by atoms with Gasteiger partial charge < -0.3 is 10.2 Å². The number of rotatable bonds is 10. The summed E-state index contributed by atoms with van der Waals surface area (Å²) in [6.07, 6.45) is 4.94. The zero-order valence-electron chi connectivity index (χ0n) is 23.2. The number of carbonyl (C=O) groups is 2. The summed E-state index contributed by atoms with van der Waals surface area (Å²) in [5.41, 5.74) is 1.62. The molecule has 1 N–H and O–H groups in total. The van der Waals surface area contributed by atoms with E-state index in [1.54, 1.807) is 37.3 Å². The zero-order valence-corrected chi connectivity index (χ0v) is 24.8. The summed E-state index contributed by atoms with van der Waals surface area (Å²) in [5.74, 6) is -1.35. The maximum absolute atomic E-state index is 14.0. The van der Waals surface area contributed by atoms with E-state index in [-0.39, 0.29) is 34.1 Å². The Bertz CT molecular complexity index is 1460. The lowest BCUT2D eigenvalue weighted by Gasteiger charge is -2.33. The largest absolute Gasteiger partial charge is 0.352 e.